The van der Waals surface area contributed by atoms with Crippen LogP contribution < -0.4 is 10.4 Å². The molecule has 0 aromatic heterocycles. The third-order valence-corrected chi connectivity index (χ3v) is 4.58. The highest BCUT2D eigenvalue weighted by atomic mass is 19.1. The normalized spacial score (nSPS) is 14.0. The van der Waals surface area contributed by atoms with E-state index in [-0.39, 0.29) is 5.56 Å². The number of aryl methyl sites for hydroxylation is 1. The van der Waals surface area contributed by atoms with Crippen LogP contribution in [0.1, 0.15) is 57.4 Å². The third kappa shape index (κ3) is 4.72. The molecule has 29 heavy (non-hydrogen) atoms. The van der Waals surface area contributed by atoms with Gasteiger partial charge in [0.25, 0.3) is 0 Å². The van der Waals surface area contributed by atoms with E-state index < -0.39 is 23.5 Å². The Kier molecular flexibility index (Phi) is 6.61. The first-order chi connectivity index (χ1) is 13.5. The maximum atomic E-state index is 13.8. The Balaban J connectivity index is 3.08. The summed E-state index contributed by atoms with van der Waals surface area (Å²) >= 11 is 0. The van der Waals surface area contributed by atoms with Gasteiger partial charge in [0.15, 0.2) is 6.10 Å². The molecule has 0 radical (unpaired) electrons. The average molecular weight is 395 g/mol. The van der Waals surface area contributed by atoms with Crippen LogP contribution in [0.4, 0.5) is 4.39 Å². The van der Waals surface area contributed by atoms with Gasteiger partial charge in [-0.1, -0.05) is 24.3 Å². The number of aliphatic carboxylic acids is 1. The van der Waals surface area contributed by atoms with Crippen molar-refractivity contribution >= 4 is 18.1 Å². The molecule has 2 rings (SSSR count). The molecule has 0 heterocycles. The minimum absolute atomic E-state index is 0.141. The van der Waals surface area contributed by atoms with Gasteiger partial charge >= 0.3 is 5.97 Å². The maximum absolute atomic E-state index is 13.8. The van der Waals surface area contributed by atoms with E-state index in [9.17, 15) is 19.6 Å². The predicted octanol–water partition coefficient (Wildman–Crippen LogP) is 4.21. The summed E-state index contributed by atoms with van der Waals surface area (Å²) in [4.78, 5) is 12.2. The molecule has 152 valence electrons. The molecule has 0 saturated carbocycles. The molecule has 0 aliphatic heterocycles. The lowest BCUT2D eigenvalue weighted by Gasteiger charge is -2.28. The zero-order chi connectivity index (χ0) is 21.9. The van der Waals surface area contributed by atoms with Gasteiger partial charge in [0.1, 0.15) is 5.82 Å². The van der Waals surface area contributed by atoms with Crippen LogP contribution in [0.25, 0.3) is 23.3 Å². The first-order valence-electron chi connectivity index (χ1n) is 9.40. The van der Waals surface area contributed by atoms with Crippen molar-refractivity contribution < 1.29 is 19.0 Å². The lowest BCUT2D eigenvalue weighted by molar-refractivity contribution is -0.160. The van der Waals surface area contributed by atoms with E-state index in [1.54, 1.807) is 20.8 Å². The van der Waals surface area contributed by atoms with Gasteiger partial charge in [-0.3, -0.25) is 0 Å². The monoisotopic (exact) mass is 395 g/mol. The van der Waals surface area contributed by atoms with Gasteiger partial charge in [-0.2, -0.15) is 5.26 Å². The van der Waals surface area contributed by atoms with Gasteiger partial charge in [-0.25, -0.2) is 9.18 Å². The topological polar surface area (TPSA) is 70.3 Å². The van der Waals surface area contributed by atoms with Crippen LogP contribution in [0.3, 0.4) is 0 Å². The van der Waals surface area contributed by atoms with Gasteiger partial charge < -0.3 is 9.84 Å². The number of rotatable bonds is 4. The Labute approximate surface area is 170 Å². The molecule has 0 saturated heterocycles. The van der Waals surface area contributed by atoms with Crippen LogP contribution in [0.5, 0.6) is 0 Å². The van der Waals surface area contributed by atoms with E-state index in [0.29, 0.717) is 16.7 Å². The van der Waals surface area contributed by atoms with Crippen LogP contribution >= 0.6 is 0 Å². The molecule has 2 aromatic rings. The van der Waals surface area contributed by atoms with E-state index in [4.69, 9.17) is 4.74 Å². The van der Waals surface area contributed by atoms with Crippen molar-refractivity contribution in [3.63, 3.8) is 0 Å². The number of nitrogens with zero attached hydrogens (tertiary/aromatic N) is 1. The first kappa shape index (κ1) is 22.3. The highest BCUT2D eigenvalue weighted by Gasteiger charge is 2.31. The molecule has 0 unspecified atom stereocenters. The largest absolute Gasteiger partial charge is 0.479 e. The van der Waals surface area contributed by atoms with Gasteiger partial charge in [-0.15, -0.1) is 0 Å². The molecule has 2 aromatic carbocycles. The molecule has 5 heteroatoms. The van der Waals surface area contributed by atoms with E-state index in [2.05, 4.69) is 0 Å². The van der Waals surface area contributed by atoms with E-state index in [0.717, 1.165) is 22.1 Å². The number of carboxylic acid groups (broad SMARTS) is 1. The average Bonchev–Trinajstić information content (AvgIpc) is 2.64. The third-order valence-electron chi connectivity index (χ3n) is 4.58. The number of carbonyl (C=O) groups is 1. The SMILES string of the molecule is C/C=c1/cc(C)c([C@H](OC(C)(C)C)C(=O)O)c(-c2ccc(F)cc2C#N)/c1=C/C. The highest BCUT2D eigenvalue weighted by molar-refractivity contribution is 5.83. The van der Waals surface area contributed by atoms with Gasteiger partial charge in [0.05, 0.1) is 17.2 Å². The number of ether oxygens (including phenoxy) is 1. The number of carboxylic acids is 1. The van der Waals surface area contributed by atoms with Crippen LogP contribution in [-0.2, 0) is 9.53 Å². The van der Waals surface area contributed by atoms with E-state index >= 15 is 0 Å². The van der Waals surface area contributed by atoms with E-state index in [1.165, 1.54) is 12.1 Å². The van der Waals surface area contributed by atoms with Crippen molar-refractivity contribution in [3.8, 4) is 17.2 Å². The number of hydrogen-bond acceptors (Lipinski definition) is 3. The fourth-order valence-corrected chi connectivity index (χ4v) is 3.47. The highest BCUT2D eigenvalue weighted by Crippen LogP contribution is 2.34. The number of hydrogen-bond donors (Lipinski definition) is 1. The van der Waals surface area contributed by atoms with Gasteiger partial charge in [0.2, 0.25) is 0 Å². The second-order valence-electron chi connectivity index (χ2n) is 7.81. The Morgan fingerprint density at radius 2 is 1.90 bits per heavy atom. The second-order valence-corrected chi connectivity index (χ2v) is 7.81. The zero-order valence-corrected chi connectivity index (χ0v) is 17.6. The summed E-state index contributed by atoms with van der Waals surface area (Å²) in [5, 5.41) is 21.3. The summed E-state index contributed by atoms with van der Waals surface area (Å²) < 4.78 is 19.7. The second kappa shape index (κ2) is 8.59. The Bertz CT molecular complexity index is 1100. The molecule has 0 amide bonds. The molecular formula is C24H26FNO3. The molecule has 1 N–H and O–H groups in total. The standard InChI is InChI=1S/C24H26FNO3/c1-7-15-11-14(3)20(22(23(27)28)29-24(4,5)6)21(18(15)8-2)19-10-9-17(25)12-16(19)13-26/h7-12,22H,1-6H3,(H,27,28)/b15-7-,18-8+/t22-/m0/s1. The predicted molar refractivity (Wildman–Crippen MR) is 112 cm³/mol. The Morgan fingerprint density at radius 1 is 1.24 bits per heavy atom. The lowest BCUT2D eigenvalue weighted by atomic mass is 9.87. The van der Waals surface area contributed by atoms with Crippen LogP contribution in [-0.4, -0.2) is 16.7 Å². The Hall–Kier alpha value is -2.97. The molecule has 0 bridgehead atoms. The molecule has 1 atom stereocenters. The lowest BCUT2D eigenvalue weighted by Crippen LogP contribution is -2.34. The van der Waals surface area contributed by atoms with Crippen LogP contribution in [0, 0.1) is 24.1 Å². The summed E-state index contributed by atoms with van der Waals surface area (Å²) in [5.41, 5.74) is 1.68. The molecular weight excluding hydrogens is 369 g/mol. The molecule has 0 aliphatic rings. The van der Waals surface area contributed by atoms with Crippen molar-refractivity contribution in [2.45, 2.75) is 53.2 Å². The molecule has 0 fully saturated rings. The number of halogens is 1. The number of benzene rings is 2. The van der Waals surface area contributed by atoms with Crippen molar-refractivity contribution in [2.24, 2.45) is 0 Å². The summed E-state index contributed by atoms with van der Waals surface area (Å²) in [7, 11) is 0. The van der Waals surface area contributed by atoms with Crippen LogP contribution in [0.2, 0.25) is 0 Å². The summed E-state index contributed by atoms with van der Waals surface area (Å²) in [6.45, 7) is 10.9. The summed E-state index contributed by atoms with van der Waals surface area (Å²) in [5.74, 6) is -1.65. The zero-order valence-electron chi connectivity index (χ0n) is 17.6. The smallest absolute Gasteiger partial charge is 0.337 e. The number of nitriles is 1. The minimum Gasteiger partial charge on any atom is -0.479 e. The van der Waals surface area contributed by atoms with Crippen molar-refractivity contribution in [1.82, 2.24) is 0 Å². The van der Waals surface area contributed by atoms with Gasteiger partial charge in [-0.05, 0) is 75.2 Å². The fourth-order valence-electron chi connectivity index (χ4n) is 3.47. The van der Waals surface area contributed by atoms with E-state index in [1.807, 2.05) is 45.1 Å². The maximum Gasteiger partial charge on any atom is 0.337 e. The van der Waals surface area contributed by atoms with Crippen molar-refractivity contribution in [2.75, 3.05) is 0 Å². The van der Waals surface area contributed by atoms with Crippen molar-refractivity contribution in [3.05, 3.63) is 57.2 Å². The van der Waals surface area contributed by atoms with Crippen LogP contribution in [0.15, 0.2) is 24.3 Å². The fraction of sp³-hybridized carbons (Fsp3) is 0.333. The first-order valence-corrected chi connectivity index (χ1v) is 9.40. The minimum atomic E-state index is -1.24. The quantitative estimate of drug-likeness (QED) is 0.842. The Morgan fingerprint density at radius 3 is 2.38 bits per heavy atom. The summed E-state index contributed by atoms with van der Waals surface area (Å²) in [6, 6.07) is 7.90. The molecule has 4 nitrogen and oxygen atoms in total. The molecule has 0 spiro atoms. The molecule has 0 aliphatic carbocycles. The summed E-state index contributed by atoms with van der Waals surface area (Å²) in [6.07, 6.45) is 2.55. The van der Waals surface area contributed by atoms with Gasteiger partial charge in [0, 0.05) is 11.1 Å². The van der Waals surface area contributed by atoms with Crippen molar-refractivity contribution in [1.29, 1.82) is 5.26 Å².